The van der Waals surface area contributed by atoms with Crippen LogP contribution in [0.5, 0.6) is 0 Å². The number of hydrogen-bond donors (Lipinski definition) is 2. The molecular weight excluding hydrogens is 272 g/mol. The molecule has 0 spiro atoms. The van der Waals surface area contributed by atoms with Crippen LogP contribution in [0.4, 0.5) is 0 Å². The lowest BCUT2D eigenvalue weighted by atomic mass is 9.91. The Balaban J connectivity index is 1.70. The van der Waals surface area contributed by atoms with E-state index in [4.69, 9.17) is 0 Å². The van der Waals surface area contributed by atoms with E-state index in [2.05, 4.69) is 10.3 Å². The highest BCUT2D eigenvalue weighted by Crippen LogP contribution is 2.23. The maximum Gasteiger partial charge on any atom is 0.280 e. The van der Waals surface area contributed by atoms with Crippen molar-refractivity contribution in [2.45, 2.75) is 24.9 Å². The summed E-state index contributed by atoms with van der Waals surface area (Å²) in [4.78, 5) is 16.4. The number of rotatable bonds is 3. The topological polar surface area (TPSA) is 62.2 Å². The number of nitrogens with one attached hydrogen (secondary N) is 1. The smallest absolute Gasteiger partial charge is 0.280 e. The number of hydrogen-bond acceptors (Lipinski definition) is 4. The number of benzene rings is 1. The zero-order chi connectivity index (χ0) is 14.0. The van der Waals surface area contributed by atoms with Gasteiger partial charge in [0.25, 0.3) is 5.91 Å². The van der Waals surface area contributed by atoms with Crippen LogP contribution in [-0.2, 0) is 0 Å². The number of carbonyl (C=O) groups is 1. The molecule has 104 valence electrons. The first-order chi connectivity index (χ1) is 9.66. The number of carbonyl (C=O) groups excluding carboxylic acids is 1. The van der Waals surface area contributed by atoms with Crippen LogP contribution in [0, 0.1) is 0 Å². The van der Waals surface area contributed by atoms with Gasteiger partial charge in [0.1, 0.15) is 0 Å². The van der Waals surface area contributed by atoms with Crippen LogP contribution in [0.3, 0.4) is 0 Å². The summed E-state index contributed by atoms with van der Waals surface area (Å²) in [5.74, 6) is -0.224. The Labute approximate surface area is 121 Å². The highest BCUT2D eigenvalue weighted by Gasteiger charge is 2.26. The van der Waals surface area contributed by atoms with Gasteiger partial charge in [-0.1, -0.05) is 24.3 Å². The Kier molecular flexibility index (Phi) is 3.54. The van der Waals surface area contributed by atoms with Gasteiger partial charge in [-0.3, -0.25) is 4.79 Å². The van der Waals surface area contributed by atoms with E-state index in [1.54, 1.807) is 6.08 Å². The summed E-state index contributed by atoms with van der Waals surface area (Å²) in [6, 6.07) is 7.66. The van der Waals surface area contributed by atoms with E-state index >= 15 is 0 Å². The van der Waals surface area contributed by atoms with Gasteiger partial charge in [-0.25, -0.2) is 4.98 Å². The molecule has 0 bridgehead atoms. The number of thiazole rings is 1. The van der Waals surface area contributed by atoms with E-state index in [0.717, 1.165) is 23.1 Å². The summed E-state index contributed by atoms with van der Waals surface area (Å²) in [7, 11) is 0. The Bertz CT molecular complexity index is 632. The first-order valence-corrected chi connectivity index (χ1v) is 7.52. The molecule has 0 saturated carbocycles. The van der Waals surface area contributed by atoms with Crippen LogP contribution >= 0.6 is 11.3 Å². The van der Waals surface area contributed by atoms with Crippen LogP contribution in [0.2, 0.25) is 0 Å². The van der Waals surface area contributed by atoms with Crippen molar-refractivity contribution in [3.8, 4) is 0 Å². The number of para-hydroxylation sites is 1. The molecule has 1 atom stereocenters. The monoisotopic (exact) mass is 288 g/mol. The molecule has 20 heavy (non-hydrogen) atoms. The second-order valence-electron chi connectivity index (χ2n) is 5.07. The van der Waals surface area contributed by atoms with Gasteiger partial charge in [-0.15, -0.1) is 11.3 Å². The van der Waals surface area contributed by atoms with E-state index in [-0.39, 0.29) is 12.5 Å². The van der Waals surface area contributed by atoms with Gasteiger partial charge < -0.3 is 10.4 Å². The molecule has 0 saturated heterocycles. The number of amides is 1. The van der Waals surface area contributed by atoms with Crippen molar-refractivity contribution in [2.75, 3.05) is 6.54 Å². The average molecular weight is 288 g/mol. The summed E-state index contributed by atoms with van der Waals surface area (Å²) in [6.07, 6.45) is 6.38. The van der Waals surface area contributed by atoms with Gasteiger partial charge in [0.05, 0.1) is 22.4 Å². The third-order valence-electron chi connectivity index (χ3n) is 3.45. The Morgan fingerprint density at radius 3 is 3.05 bits per heavy atom. The van der Waals surface area contributed by atoms with E-state index in [1.807, 2.05) is 30.3 Å². The molecule has 1 aliphatic carbocycles. The Hall–Kier alpha value is -1.72. The largest absolute Gasteiger partial charge is 0.384 e. The molecule has 1 amide bonds. The number of aromatic nitrogens is 1. The van der Waals surface area contributed by atoms with Crippen LogP contribution in [0.15, 0.2) is 36.4 Å². The zero-order valence-corrected chi connectivity index (χ0v) is 11.8. The molecule has 2 aromatic rings. The normalized spacial score (nSPS) is 22.1. The molecule has 5 heteroatoms. The fraction of sp³-hybridized carbons (Fsp3) is 0.333. The molecule has 1 aliphatic rings. The fourth-order valence-electron chi connectivity index (χ4n) is 2.34. The highest BCUT2D eigenvalue weighted by atomic mass is 32.1. The van der Waals surface area contributed by atoms with Crippen LogP contribution in [-0.4, -0.2) is 28.1 Å². The zero-order valence-electron chi connectivity index (χ0n) is 11.0. The van der Waals surface area contributed by atoms with E-state index in [0.29, 0.717) is 11.4 Å². The van der Waals surface area contributed by atoms with Crippen LogP contribution in [0.1, 0.15) is 29.1 Å². The van der Waals surface area contributed by atoms with E-state index < -0.39 is 5.60 Å². The van der Waals surface area contributed by atoms with E-state index in [9.17, 15) is 9.90 Å². The minimum Gasteiger partial charge on any atom is -0.384 e. The summed E-state index contributed by atoms with van der Waals surface area (Å²) < 4.78 is 0.994. The van der Waals surface area contributed by atoms with Gasteiger partial charge >= 0.3 is 0 Å². The second-order valence-corrected chi connectivity index (χ2v) is 6.10. The van der Waals surface area contributed by atoms with Gasteiger partial charge in [-0.05, 0) is 31.4 Å². The number of nitrogens with zero attached hydrogens (tertiary/aromatic N) is 1. The lowest BCUT2D eigenvalue weighted by molar-refractivity contribution is 0.0660. The predicted molar refractivity (Wildman–Crippen MR) is 79.9 cm³/mol. The van der Waals surface area contributed by atoms with Gasteiger partial charge in [0.15, 0.2) is 5.01 Å². The van der Waals surface area contributed by atoms with Crippen molar-refractivity contribution in [2.24, 2.45) is 0 Å². The Morgan fingerprint density at radius 1 is 1.45 bits per heavy atom. The first kappa shape index (κ1) is 13.3. The summed E-state index contributed by atoms with van der Waals surface area (Å²) in [5.41, 5.74) is -0.0798. The van der Waals surface area contributed by atoms with Gasteiger partial charge in [-0.2, -0.15) is 0 Å². The summed E-state index contributed by atoms with van der Waals surface area (Å²) >= 11 is 1.37. The number of aliphatic hydroxyl groups is 1. The first-order valence-electron chi connectivity index (χ1n) is 6.70. The molecule has 0 aliphatic heterocycles. The predicted octanol–water partition coefficient (Wildman–Crippen LogP) is 2.50. The summed E-state index contributed by atoms with van der Waals surface area (Å²) in [5, 5.41) is 13.5. The molecule has 4 nitrogen and oxygen atoms in total. The Morgan fingerprint density at radius 2 is 2.30 bits per heavy atom. The van der Waals surface area contributed by atoms with Gasteiger partial charge in [0.2, 0.25) is 0 Å². The molecule has 0 unspecified atom stereocenters. The number of allylic oxidation sites excluding steroid dienone is 1. The number of fused-ring (bicyclic) bond motifs is 1. The molecule has 2 N–H and O–H groups in total. The molecule has 1 aromatic carbocycles. The standard InChI is InChI=1S/C15H16N2O2S/c18-13(16-10-15(19)8-4-1-5-9-15)14-17-11-6-2-3-7-12(11)20-14/h2-4,6-8,19H,1,5,9-10H2,(H,16,18)/t15-/m0/s1. The third kappa shape index (κ3) is 2.73. The van der Waals surface area contributed by atoms with Crippen LogP contribution in [0.25, 0.3) is 10.2 Å². The van der Waals surface area contributed by atoms with Crippen molar-refractivity contribution < 1.29 is 9.90 Å². The lowest BCUT2D eigenvalue weighted by Gasteiger charge is -2.27. The summed E-state index contributed by atoms with van der Waals surface area (Å²) in [6.45, 7) is 0.234. The lowest BCUT2D eigenvalue weighted by Crippen LogP contribution is -2.42. The molecule has 0 fully saturated rings. The minimum absolute atomic E-state index is 0.224. The van der Waals surface area contributed by atoms with Crippen molar-refractivity contribution in [1.29, 1.82) is 0 Å². The molecule has 1 aromatic heterocycles. The molecule has 0 radical (unpaired) electrons. The van der Waals surface area contributed by atoms with Gasteiger partial charge in [0, 0.05) is 0 Å². The average Bonchev–Trinajstić information content (AvgIpc) is 2.89. The highest BCUT2D eigenvalue weighted by molar-refractivity contribution is 7.20. The van der Waals surface area contributed by atoms with Crippen molar-refractivity contribution >= 4 is 27.5 Å². The third-order valence-corrected chi connectivity index (χ3v) is 4.49. The maximum absolute atomic E-state index is 12.1. The minimum atomic E-state index is -0.912. The van der Waals surface area contributed by atoms with Crippen LogP contribution < -0.4 is 5.32 Å². The maximum atomic E-state index is 12.1. The second kappa shape index (κ2) is 5.34. The van der Waals surface area contributed by atoms with Crippen molar-refractivity contribution in [3.05, 3.63) is 41.4 Å². The van der Waals surface area contributed by atoms with Crippen molar-refractivity contribution in [1.82, 2.24) is 10.3 Å². The van der Waals surface area contributed by atoms with E-state index in [1.165, 1.54) is 11.3 Å². The SMILES string of the molecule is O=C(NC[C@]1(O)C=CCCC1)c1nc2ccccc2s1. The molecule has 1 heterocycles. The van der Waals surface area contributed by atoms with Crippen molar-refractivity contribution in [3.63, 3.8) is 0 Å². The molecular formula is C15H16N2O2S. The quantitative estimate of drug-likeness (QED) is 0.853. The molecule has 3 rings (SSSR count). The fourth-order valence-corrected chi connectivity index (χ4v) is 3.22.